The molecular formula is C35H40P2. The predicted octanol–water partition coefficient (Wildman–Crippen LogP) is 8.23. The maximum Gasteiger partial charge on any atom is -0.00397 e. The molecule has 1 fully saturated rings. The Morgan fingerprint density at radius 2 is 0.676 bits per heavy atom. The van der Waals surface area contributed by atoms with Crippen molar-refractivity contribution in [3.05, 3.63) is 121 Å². The lowest BCUT2D eigenvalue weighted by atomic mass is 9.78. The quantitative estimate of drug-likeness (QED) is 0.205. The van der Waals surface area contributed by atoms with Gasteiger partial charge in [-0.3, -0.25) is 0 Å². The van der Waals surface area contributed by atoms with Gasteiger partial charge in [-0.25, -0.2) is 0 Å². The van der Waals surface area contributed by atoms with Crippen LogP contribution in [0, 0.1) is 11.8 Å². The van der Waals surface area contributed by atoms with Gasteiger partial charge < -0.3 is 0 Å². The van der Waals surface area contributed by atoms with E-state index in [0.717, 1.165) is 0 Å². The van der Waals surface area contributed by atoms with Crippen molar-refractivity contribution in [3.8, 4) is 0 Å². The number of rotatable bonds is 8. The molecule has 2 atom stereocenters. The van der Waals surface area contributed by atoms with E-state index in [9.17, 15) is 0 Å². The van der Waals surface area contributed by atoms with E-state index >= 15 is 0 Å². The summed E-state index contributed by atoms with van der Waals surface area (Å²) in [7, 11) is -0.999. The van der Waals surface area contributed by atoms with Gasteiger partial charge in [0.2, 0.25) is 0 Å². The molecule has 37 heavy (non-hydrogen) atoms. The van der Waals surface area contributed by atoms with Gasteiger partial charge in [0.05, 0.1) is 0 Å². The Morgan fingerprint density at radius 1 is 0.432 bits per heavy atom. The molecule has 0 heterocycles. The minimum absolute atomic E-state index is 0.185. The molecule has 4 aromatic rings. The third kappa shape index (κ3) is 5.35. The molecule has 0 N–H and O–H groups in total. The van der Waals surface area contributed by atoms with E-state index < -0.39 is 15.8 Å². The van der Waals surface area contributed by atoms with Crippen LogP contribution < -0.4 is 21.2 Å². The maximum absolute atomic E-state index is 2.59. The van der Waals surface area contributed by atoms with Crippen molar-refractivity contribution in [1.29, 1.82) is 0 Å². The second kappa shape index (κ2) is 11.2. The van der Waals surface area contributed by atoms with Crippen LogP contribution in [-0.4, -0.2) is 10.3 Å². The lowest BCUT2D eigenvalue weighted by Crippen LogP contribution is -2.46. The fraction of sp³-hybridized carbons (Fsp3) is 0.314. The Morgan fingerprint density at radius 3 is 0.919 bits per heavy atom. The molecular weight excluding hydrogens is 482 g/mol. The third-order valence-electron chi connectivity index (χ3n) is 8.54. The van der Waals surface area contributed by atoms with E-state index in [1.807, 2.05) is 0 Å². The van der Waals surface area contributed by atoms with Gasteiger partial charge in [0.25, 0.3) is 0 Å². The molecule has 0 nitrogen and oxygen atoms in total. The second-order valence-corrected chi connectivity index (χ2v) is 17.2. The van der Waals surface area contributed by atoms with Crippen molar-refractivity contribution in [2.45, 2.75) is 57.3 Å². The van der Waals surface area contributed by atoms with E-state index in [0.29, 0.717) is 11.8 Å². The van der Waals surface area contributed by atoms with Gasteiger partial charge in [0.1, 0.15) is 0 Å². The van der Waals surface area contributed by atoms with Crippen molar-refractivity contribution in [2.24, 2.45) is 11.8 Å². The van der Waals surface area contributed by atoms with Gasteiger partial charge in [-0.05, 0) is 72.1 Å². The molecule has 0 spiro atoms. The second-order valence-electron chi connectivity index (χ2n) is 11.5. The largest absolute Gasteiger partial charge is 0.0622 e. The van der Waals surface area contributed by atoms with Crippen molar-refractivity contribution < 1.29 is 0 Å². The summed E-state index contributed by atoms with van der Waals surface area (Å²) in [5, 5.41) is 6.39. The van der Waals surface area contributed by atoms with Crippen LogP contribution in [0.5, 0.6) is 0 Å². The van der Waals surface area contributed by atoms with Gasteiger partial charge >= 0.3 is 0 Å². The molecule has 4 aromatic carbocycles. The summed E-state index contributed by atoms with van der Waals surface area (Å²) in [4.78, 5) is 0. The van der Waals surface area contributed by atoms with Crippen LogP contribution in [0.25, 0.3) is 0 Å². The van der Waals surface area contributed by atoms with Crippen LogP contribution in [0.4, 0.5) is 0 Å². The number of hydrogen-bond acceptors (Lipinski definition) is 0. The zero-order valence-electron chi connectivity index (χ0n) is 22.7. The van der Waals surface area contributed by atoms with Crippen LogP contribution in [0.15, 0.2) is 121 Å². The maximum atomic E-state index is 2.59. The molecule has 0 radical (unpaired) electrons. The predicted molar refractivity (Wildman–Crippen MR) is 167 cm³/mol. The molecule has 190 valence electrons. The molecule has 0 aromatic heterocycles. The van der Waals surface area contributed by atoms with E-state index in [1.54, 1.807) is 0 Å². The Balaban J connectivity index is 1.58. The molecule has 1 aliphatic carbocycles. The van der Waals surface area contributed by atoms with E-state index in [1.165, 1.54) is 40.5 Å². The van der Waals surface area contributed by atoms with E-state index in [-0.39, 0.29) is 10.3 Å². The van der Waals surface area contributed by atoms with Gasteiger partial charge in [-0.1, -0.05) is 155 Å². The molecule has 0 unspecified atom stereocenters. The highest BCUT2D eigenvalue weighted by Crippen LogP contribution is 2.63. The van der Waals surface area contributed by atoms with Gasteiger partial charge in [0.15, 0.2) is 0 Å². The molecule has 5 rings (SSSR count). The van der Waals surface area contributed by atoms with Crippen LogP contribution in [0.1, 0.15) is 47.0 Å². The van der Waals surface area contributed by atoms with Gasteiger partial charge in [-0.2, -0.15) is 0 Å². The number of hydrogen-bond donors (Lipinski definition) is 0. The summed E-state index contributed by atoms with van der Waals surface area (Å²) in [6, 6.07) is 45.4. The molecule has 0 bridgehead atoms. The van der Waals surface area contributed by atoms with Crippen LogP contribution in [0.3, 0.4) is 0 Å². The Labute approximate surface area is 227 Å². The molecule has 0 aliphatic heterocycles. The average molecular weight is 523 g/mol. The zero-order chi connectivity index (χ0) is 25.9. The van der Waals surface area contributed by atoms with E-state index in [4.69, 9.17) is 0 Å². The first kappa shape index (κ1) is 26.4. The van der Waals surface area contributed by atoms with Gasteiger partial charge in [0, 0.05) is 0 Å². The molecule has 0 amide bonds. The summed E-state index contributed by atoms with van der Waals surface area (Å²) in [5.74, 6) is 1.35. The van der Waals surface area contributed by atoms with Crippen molar-refractivity contribution >= 4 is 37.1 Å². The van der Waals surface area contributed by atoms with Crippen LogP contribution in [0.2, 0.25) is 0 Å². The lowest BCUT2D eigenvalue weighted by molar-refractivity contribution is 0.272. The Hall–Kier alpha value is -2.26. The minimum Gasteiger partial charge on any atom is -0.0622 e. The van der Waals surface area contributed by atoms with Crippen molar-refractivity contribution in [3.63, 3.8) is 0 Å². The highest BCUT2D eigenvalue weighted by atomic mass is 31.1. The fourth-order valence-electron chi connectivity index (χ4n) is 6.92. The SMILES string of the molecule is CC(C)([C@H]1CCC[C@@H]1C(C)(C)P(c1ccccc1)c1ccccc1)P(c1ccccc1)c1ccccc1. The lowest BCUT2D eigenvalue weighted by Gasteiger charge is -2.49. The highest BCUT2D eigenvalue weighted by Gasteiger charge is 2.51. The third-order valence-corrected chi connectivity index (χ3v) is 14.8. The smallest absolute Gasteiger partial charge is 0.00397 e. The molecule has 1 saturated carbocycles. The summed E-state index contributed by atoms with van der Waals surface area (Å²) in [5.41, 5.74) is 0. The topological polar surface area (TPSA) is 0 Å². The first-order valence-electron chi connectivity index (χ1n) is 13.7. The summed E-state index contributed by atoms with van der Waals surface area (Å²) >= 11 is 0. The van der Waals surface area contributed by atoms with Crippen LogP contribution in [-0.2, 0) is 0 Å². The summed E-state index contributed by atoms with van der Waals surface area (Å²) < 4.78 is 0. The summed E-state index contributed by atoms with van der Waals surface area (Å²) in [6.45, 7) is 10.4. The molecule has 2 heteroatoms. The normalized spacial score (nSPS) is 18.4. The first-order valence-corrected chi connectivity index (χ1v) is 16.4. The summed E-state index contributed by atoms with van der Waals surface area (Å²) in [6.07, 6.45) is 3.99. The highest BCUT2D eigenvalue weighted by molar-refractivity contribution is 7.75. The fourth-order valence-corrected chi connectivity index (χ4v) is 13.3. The monoisotopic (exact) mass is 522 g/mol. The van der Waals surface area contributed by atoms with Crippen LogP contribution >= 0.6 is 15.8 Å². The first-order chi connectivity index (χ1) is 17.9. The number of benzene rings is 4. The zero-order valence-corrected chi connectivity index (χ0v) is 24.5. The minimum atomic E-state index is -0.500. The van der Waals surface area contributed by atoms with Gasteiger partial charge in [-0.15, -0.1) is 0 Å². The Kier molecular flexibility index (Phi) is 8.00. The van der Waals surface area contributed by atoms with Crippen molar-refractivity contribution in [1.82, 2.24) is 0 Å². The van der Waals surface area contributed by atoms with E-state index in [2.05, 4.69) is 149 Å². The standard InChI is InChI=1S/C35H40P2/c1-34(2,36(28-18-9-5-10-19-28)29-20-11-6-12-21-29)32-26-17-27-33(32)35(3,4)37(30-22-13-7-14-23-30)31-24-15-8-16-25-31/h5-16,18-25,32-33H,17,26-27H2,1-4H3/t32-,33-/m0/s1. The Bertz CT molecular complexity index is 1070. The molecule has 0 saturated heterocycles. The van der Waals surface area contributed by atoms with Crippen molar-refractivity contribution in [2.75, 3.05) is 0 Å². The molecule has 1 aliphatic rings. The average Bonchev–Trinajstić information content (AvgIpc) is 3.44.